The highest BCUT2D eigenvalue weighted by atomic mass is 35.5. The topological polar surface area (TPSA) is 24.5 Å². The van der Waals surface area contributed by atoms with Gasteiger partial charge in [0, 0.05) is 36.1 Å². The van der Waals surface area contributed by atoms with Gasteiger partial charge in [0.05, 0.1) is 6.61 Å². The van der Waals surface area contributed by atoms with E-state index in [4.69, 9.17) is 16.3 Å². The molecule has 0 aliphatic carbocycles. The number of halogens is 1. The van der Waals surface area contributed by atoms with Crippen LogP contribution in [0.5, 0.6) is 5.75 Å². The second kappa shape index (κ2) is 5.91. The lowest BCUT2D eigenvalue weighted by atomic mass is 9.99. The minimum atomic E-state index is 0.354. The lowest BCUT2D eigenvalue weighted by molar-refractivity contribution is 0.249. The van der Waals surface area contributed by atoms with Crippen molar-refractivity contribution in [3.05, 3.63) is 28.3 Å². The van der Waals surface area contributed by atoms with Crippen molar-refractivity contribution in [3.8, 4) is 5.75 Å². The molecule has 0 amide bonds. The van der Waals surface area contributed by atoms with Gasteiger partial charge in [-0.05, 0) is 38.7 Å². The summed E-state index contributed by atoms with van der Waals surface area (Å²) in [4.78, 5) is 2.18. The van der Waals surface area contributed by atoms with E-state index in [0.717, 1.165) is 42.5 Å². The molecule has 0 bridgehead atoms. The Kier molecular flexibility index (Phi) is 4.49. The molecular weight excluding hydrogens is 248 g/mol. The Balaban J connectivity index is 2.10. The zero-order valence-electron chi connectivity index (χ0n) is 11.3. The third-order valence-corrected chi connectivity index (χ3v) is 3.69. The fourth-order valence-electron chi connectivity index (χ4n) is 2.18. The van der Waals surface area contributed by atoms with E-state index in [1.165, 1.54) is 5.56 Å². The van der Waals surface area contributed by atoms with Gasteiger partial charge < -0.3 is 15.0 Å². The number of aryl methyl sites for hydroxylation is 1. The van der Waals surface area contributed by atoms with Crippen LogP contribution in [0.25, 0.3) is 0 Å². The number of hydrogen-bond acceptors (Lipinski definition) is 3. The number of nitrogens with zero attached hydrogens (tertiary/aromatic N) is 1. The highest BCUT2D eigenvalue weighted by Crippen LogP contribution is 2.35. The first-order valence-corrected chi connectivity index (χ1v) is 6.76. The second-order valence-corrected chi connectivity index (χ2v) is 5.49. The van der Waals surface area contributed by atoms with Crippen LogP contribution < -0.4 is 10.1 Å². The molecule has 3 nitrogen and oxygen atoms in total. The molecule has 1 aliphatic rings. The Morgan fingerprint density at radius 3 is 2.94 bits per heavy atom. The first kappa shape index (κ1) is 13.7. The van der Waals surface area contributed by atoms with E-state index in [-0.39, 0.29) is 0 Å². The van der Waals surface area contributed by atoms with E-state index < -0.39 is 0 Å². The van der Waals surface area contributed by atoms with E-state index in [1.807, 2.05) is 19.1 Å². The minimum absolute atomic E-state index is 0.354. The smallest absolute Gasteiger partial charge is 0.124 e. The van der Waals surface area contributed by atoms with Crippen LogP contribution in [-0.4, -0.2) is 38.7 Å². The van der Waals surface area contributed by atoms with Gasteiger partial charge >= 0.3 is 0 Å². The van der Waals surface area contributed by atoms with Crippen molar-refractivity contribution in [1.29, 1.82) is 0 Å². The quantitative estimate of drug-likeness (QED) is 0.909. The Hall–Kier alpha value is -0.770. The van der Waals surface area contributed by atoms with Gasteiger partial charge in [-0.2, -0.15) is 0 Å². The Morgan fingerprint density at radius 2 is 2.22 bits per heavy atom. The van der Waals surface area contributed by atoms with Crippen LogP contribution in [0.4, 0.5) is 0 Å². The molecule has 1 heterocycles. The van der Waals surface area contributed by atoms with Crippen molar-refractivity contribution in [2.24, 2.45) is 0 Å². The molecule has 2 rings (SSSR count). The normalized spacial score (nSPS) is 18.6. The summed E-state index contributed by atoms with van der Waals surface area (Å²) in [6.07, 6.45) is 1.000. The average molecular weight is 269 g/mol. The maximum absolute atomic E-state index is 6.20. The Morgan fingerprint density at radius 1 is 1.44 bits per heavy atom. The third kappa shape index (κ3) is 3.16. The van der Waals surface area contributed by atoms with E-state index in [0.29, 0.717) is 6.04 Å². The lowest BCUT2D eigenvalue weighted by Gasteiger charge is -2.28. The SMILES string of the molecule is Cc1cc2c(cc1Cl)C(NCCN(C)C)CCO2. The van der Waals surface area contributed by atoms with E-state index in [2.05, 4.69) is 24.3 Å². The zero-order chi connectivity index (χ0) is 13.1. The molecule has 1 unspecified atom stereocenters. The molecule has 4 heteroatoms. The number of nitrogens with one attached hydrogen (secondary N) is 1. The van der Waals surface area contributed by atoms with E-state index in [1.54, 1.807) is 0 Å². The van der Waals surface area contributed by atoms with Crippen LogP contribution in [-0.2, 0) is 0 Å². The summed E-state index contributed by atoms with van der Waals surface area (Å²) in [6.45, 7) is 4.79. The Bertz CT molecular complexity index is 421. The van der Waals surface area contributed by atoms with Crippen LogP contribution in [0.2, 0.25) is 5.02 Å². The van der Waals surface area contributed by atoms with Gasteiger partial charge in [-0.1, -0.05) is 11.6 Å². The highest BCUT2D eigenvalue weighted by molar-refractivity contribution is 6.31. The molecule has 0 radical (unpaired) electrons. The summed E-state index contributed by atoms with van der Waals surface area (Å²) in [5.74, 6) is 0.977. The molecule has 0 spiro atoms. The summed E-state index contributed by atoms with van der Waals surface area (Å²) < 4.78 is 5.71. The molecule has 0 aromatic heterocycles. The van der Waals surface area contributed by atoms with Gasteiger partial charge in [-0.15, -0.1) is 0 Å². The number of rotatable bonds is 4. The van der Waals surface area contributed by atoms with E-state index in [9.17, 15) is 0 Å². The van der Waals surface area contributed by atoms with Crippen molar-refractivity contribution in [3.63, 3.8) is 0 Å². The number of ether oxygens (including phenoxy) is 1. The predicted molar refractivity (Wildman–Crippen MR) is 75.6 cm³/mol. The minimum Gasteiger partial charge on any atom is -0.493 e. The first-order valence-electron chi connectivity index (χ1n) is 6.39. The number of fused-ring (bicyclic) bond motifs is 1. The molecule has 1 aliphatic heterocycles. The molecule has 100 valence electrons. The number of hydrogen-bond donors (Lipinski definition) is 1. The van der Waals surface area contributed by atoms with Gasteiger partial charge in [-0.25, -0.2) is 0 Å². The van der Waals surface area contributed by atoms with Crippen molar-refractivity contribution in [2.45, 2.75) is 19.4 Å². The van der Waals surface area contributed by atoms with Crippen molar-refractivity contribution >= 4 is 11.6 Å². The summed E-state index contributed by atoms with van der Waals surface area (Å²) in [5, 5.41) is 4.39. The predicted octanol–water partition coefficient (Wildman–Crippen LogP) is 2.62. The van der Waals surface area contributed by atoms with Crippen LogP contribution in [0, 0.1) is 6.92 Å². The summed E-state index contributed by atoms with van der Waals surface area (Å²) in [7, 11) is 4.17. The maximum Gasteiger partial charge on any atom is 0.124 e. The van der Waals surface area contributed by atoms with Gasteiger partial charge in [-0.3, -0.25) is 0 Å². The van der Waals surface area contributed by atoms with Crippen LogP contribution in [0.1, 0.15) is 23.6 Å². The molecule has 0 fully saturated rings. The van der Waals surface area contributed by atoms with Crippen molar-refractivity contribution in [2.75, 3.05) is 33.8 Å². The molecule has 1 aromatic rings. The fraction of sp³-hybridized carbons (Fsp3) is 0.571. The lowest BCUT2D eigenvalue weighted by Crippen LogP contribution is -2.32. The Labute approximate surface area is 114 Å². The number of benzene rings is 1. The van der Waals surface area contributed by atoms with E-state index >= 15 is 0 Å². The van der Waals surface area contributed by atoms with Crippen LogP contribution in [0.15, 0.2) is 12.1 Å². The average Bonchev–Trinajstić information content (AvgIpc) is 2.31. The highest BCUT2D eigenvalue weighted by Gasteiger charge is 2.22. The van der Waals surface area contributed by atoms with Gasteiger partial charge in [0.2, 0.25) is 0 Å². The van der Waals surface area contributed by atoms with Crippen LogP contribution in [0.3, 0.4) is 0 Å². The van der Waals surface area contributed by atoms with Gasteiger partial charge in [0.1, 0.15) is 5.75 Å². The molecular formula is C14H21ClN2O. The summed E-state index contributed by atoms with van der Waals surface area (Å²) in [6, 6.07) is 4.43. The van der Waals surface area contributed by atoms with Crippen molar-refractivity contribution < 1.29 is 4.74 Å². The molecule has 0 saturated heterocycles. The van der Waals surface area contributed by atoms with Gasteiger partial charge in [0.25, 0.3) is 0 Å². The molecule has 18 heavy (non-hydrogen) atoms. The monoisotopic (exact) mass is 268 g/mol. The van der Waals surface area contributed by atoms with Gasteiger partial charge in [0.15, 0.2) is 0 Å². The van der Waals surface area contributed by atoms with Crippen molar-refractivity contribution in [1.82, 2.24) is 10.2 Å². The fourth-order valence-corrected chi connectivity index (χ4v) is 2.36. The summed E-state index contributed by atoms with van der Waals surface area (Å²) >= 11 is 6.20. The zero-order valence-corrected chi connectivity index (χ0v) is 12.0. The maximum atomic E-state index is 6.20. The number of likely N-dealkylation sites (N-methyl/N-ethyl adjacent to an activating group) is 1. The second-order valence-electron chi connectivity index (χ2n) is 5.09. The largest absolute Gasteiger partial charge is 0.493 e. The molecule has 1 aromatic carbocycles. The molecule has 1 atom stereocenters. The molecule has 0 saturated carbocycles. The summed E-state index contributed by atoms with van der Waals surface area (Å²) in [5.41, 5.74) is 2.26. The standard InChI is InChI=1S/C14H21ClN2O/c1-10-8-14-11(9-12(10)15)13(4-7-18-14)16-5-6-17(2)3/h8-9,13,16H,4-7H2,1-3H3. The first-order chi connectivity index (χ1) is 8.58. The third-order valence-electron chi connectivity index (χ3n) is 3.28. The van der Waals surface area contributed by atoms with Crippen LogP contribution >= 0.6 is 11.6 Å². The molecule has 1 N–H and O–H groups in total.